The first-order chi connectivity index (χ1) is 9.54. The topological polar surface area (TPSA) is 68.5 Å². The summed E-state index contributed by atoms with van der Waals surface area (Å²) < 4.78 is 5.19. The number of halogens is 1. The van der Waals surface area contributed by atoms with Gasteiger partial charge in [-0.25, -0.2) is 0 Å². The van der Waals surface area contributed by atoms with Crippen LogP contribution in [-0.4, -0.2) is 25.0 Å². The van der Waals surface area contributed by atoms with Crippen LogP contribution in [0.2, 0.25) is 5.02 Å². The maximum absolute atomic E-state index is 12.5. The molecule has 2 N–H and O–H groups in total. The lowest BCUT2D eigenvalue weighted by Crippen LogP contribution is -2.27. The highest BCUT2D eigenvalue weighted by Gasteiger charge is 2.19. The minimum absolute atomic E-state index is 0.239. The average Bonchev–Trinajstić information content (AvgIpc) is 2.46. The van der Waals surface area contributed by atoms with Gasteiger partial charge in [-0.15, -0.1) is 0 Å². The molecule has 2 rings (SSSR count). The summed E-state index contributed by atoms with van der Waals surface area (Å²) in [7, 11) is 3.13. The van der Waals surface area contributed by atoms with E-state index in [4.69, 9.17) is 22.1 Å². The van der Waals surface area contributed by atoms with E-state index in [2.05, 4.69) is 4.98 Å². The number of hydrogen-bond donors (Lipinski definition) is 1. The van der Waals surface area contributed by atoms with Gasteiger partial charge in [-0.2, -0.15) is 0 Å². The molecule has 2 aromatic rings. The molecule has 5 nitrogen and oxygen atoms in total. The van der Waals surface area contributed by atoms with Crippen LogP contribution in [0.15, 0.2) is 36.7 Å². The molecule has 6 heteroatoms. The van der Waals surface area contributed by atoms with Crippen LogP contribution in [0, 0.1) is 0 Å². The predicted molar refractivity (Wildman–Crippen MR) is 79.4 cm³/mol. The monoisotopic (exact) mass is 291 g/mol. The zero-order valence-corrected chi connectivity index (χ0v) is 11.9. The van der Waals surface area contributed by atoms with Crippen LogP contribution in [0.5, 0.6) is 5.75 Å². The van der Waals surface area contributed by atoms with Crippen molar-refractivity contribution >= 4 is 28.9 Å². The summed E-state index contributed by atoms with van der Waals surface area (Å²) in [6.45, 7) is 0. The predicted octanol–water partition coefficient (Wildman–Crippen LogP) is 2.60. The maximum atomic E-state index is 12.5. The van der Waals surface area contributed by atoms with Gasteiger partial charge in [-0.3, -0.25) is 9.78 Å². The van der Waals surface area contributed by atoms with E-state index in [9.17, 15) is 4.79 Å². The number of nitrogens with two attached hydrogens (primary N) is 1. The van der Waals surface area contributed by atoms with Crippen LogP contribution in [0.3, 0.4) is 0 Å². The van der Waals surface area contributed by atoms with Crippen molar-refractivity contribution < 1.29 is 9.53 Å². The third kappa shape index (κ3) is 2.67. The first kappa shape index (κ1) is 14.1. The Balaban J connectivity index is 2.39. The number of carbonyl (C=O) groups excluding carboxylic acids is 1. The van der Waals surface area contributed by atoms with Crippen molar-refractivity contribution in [1.82, 2.24) is 4.98 Å². The molecule has 0 saturated heterocycles. The second kappa shape index (κ2) is 5.79. The van der Waals surface area contributed by atoms with Gasteiger partial charge in [-0.1, -0.05) is 11.6 Å². The number of nitrogens with zero attached hydrogens (tertiary/aromatic N) is 2. The Hall–Kier alpha value is -2.27. The Morgan fingerprint density at radius 3 is 2.80 bits per heavy atom. The van der Waals surface area contributed by atoms with E-state index in [1.165, 1.54) is 18.2 Å². The number of aromatic nitrogens is 1. The van der Waals surface area contributed by atoms with E-state index in [-0.39, 0.29) is 5.91 Å². The van der Waals surface area contributed by atoms with Gasteiger partial charge in [0.05, 0.1) is 30.2 Å². The van der Waals surface area contributed by atoms with E-state index >= 15 is 0 Å². The number of carbonyl (C=O) groups is 1. The molecule has 20 heavy (non-hydrogen) atoms. The molecular weight excluding hydrogens is 278 g/mol. The van der Waals surface area contributed by atoms with E-state index < -0.39 is 0 Å². The minimum Gasteiger partial charge on any atom is -0.496 e. The van der Waals surface area contributed by atoms with Gasteiger partial charge in [0, 0.05) is 18.3 Å². The second-order valence-electron chi connectivity index (χ2n) is 4.14. The van der Waals surface area contributed by atoms with E-state index in [1.54, 1.807) is 37.5 Å². The van der Waals surface area contributed by atoms with Crippen molar-refractivity contribution in [1.29, 1.82) is 0 Å². The molecule has 0 fully saturated rings. The van der Waals surface area contributed by atoms with Gasteiger partial charge >= 0.3 is 0 Å². The number of methoxy groups -OCH3 is 1. The highest BCUT2D eigenvalue weighted by Crippen LogP contribution is 2.27. The molecule has 0 aliphatic heterocycles. The van der Waals surface area contributed by atoms with Crippen molar-refractivity contribution in [3.05, 3.63) is 47.2 Å². The summed E-state index contributed by atoms with van der Waals surface area (Å²) in [6.07, 6.45) is 3.08. The molecule has 104 valence electrons. The Labute approximate surface area is 121 Å². The van der Waals surface area contributed by atoms with E-state index in [1.807, 2.05) is 0 Å². The lowest BCUT2D eigenvalue weighted by atomic mass is 10.1. The largest absolute Gasteiger partial charge is 0.496 e. The molecule has 0 atom stereocenters. The summed E-state index contributed by atoms with van der Waals surface area (Å²) in [4.78, 5) is 17.9. The third-order valence-corrected chi connectivity index (χ3v) is 3.12. The molecule has 1 aromatic heterocycles. The quantitative estimate of drug-likeness (QED) is 0.944. The molecule has 1 aromatic carbocycles. The molecule has 0 aliphatic rings. The number of pyridine rings is 1. The van der Waals surface area contributed by atoms with Crippen molar-refractivity contribution in [3.8, 4) is 5.75 Å². The molecule has 0 bridgehead atoms. The highest BCUT2D eigenvalue weighted by molar-refractivity contribution is 6.31. The fourth-order valence-corrected chi connectivity index (χ4v) is 2.00. The minimum atomic E-state index is -0.239. The molecule has 1 amide bonds. The Morgan fingerprint density at radius 1 is 1.40 bits per heavy atom. The van der Waals surface area contributed by atoms with E-state index in [0.717, 1.165) is 0 Å². The summed E-state index contributed by atoms with van der Waals surface area (Å²) in [5.41, 5.74) is 7.25. The smallest absolute Gasteiger partial charge is 0.261 e. The van der Waals surface area contributed by atoms with Crippen LogP contribution in [0.1, 0.15) is 10.4 Å². The van der Waals surface area contributed by atoms with Crippen molar-refractivity contribution in [2.24, 2.45) is 0 Å². The van der Waals surface area contributed by atoms with Crippen LogP contribution in [0.25, 0.3) is 0 Å². The second-order valence-corrected chi connectivity index (χ2v) is 4.58. The Bertz CT molecular complexity index is 646. The maximum Gasteiger partial charge on any atom is 0.261 e. The molecule has 0 spiro atoms. The number of amides is 1. The molecule has 0 saturated carbocycles. The van der Waals surface area contributed by atoms with Gasteiger partial charge in [0.25, 0.3) is 5.91 Å². The lowest BCUT2D eigenvalue weighted by Gasteiger charge is -2.20. The van der Waals surface area contributed by atoms with Crippen LogP contribution in [-0.2, 0) is 0 Å². The van der Waals surface area contributed by atoms with Gasteiger partial charge in [0.15, 0.2) is 0 Å². The number of hydrogen-bond acceptors (Lipinski definition) is 4. The first-order valence-electron chi connectivity index (χ1n) is 5.85. The van der Waals surface area contributed by atoms with Crippen LogP contribution >= 0.6 is 11.6 Å². The molecule has 0 unspecified atom stereocenters. The van der Waals surface area contributed by atoms with Crippen LogP contribution < -0.4 is 15.4 Å². The number of benzene rings is 1. The van der Waals surface area contributed by atoms with E-state index in [0.29, 0.717) is 27.7 Å². The molecule has 0 aliphatic carbocycles. The normalized spacial score (nSPS) is 10.2. The van der Waals surface area contributed by atoms with Crippen molar-refractivity contribution in [3.63, 3.8) is 0 Å². The molecule has 0 radical (unpaired) electrons. The summed E-state index contributed by atoms with van der Waals surface area (Å²) in [5, 5.41) is 0.504. The third-order valence-electron chi connectivity index (χ3n) is 2.89. The van der Waals surface area contributed by atoms with Crippen LogP contribution in [0.4, 0.5) is 11.4 Å². The van der Waals surface area contributed by atoms with Crippen molar-refractivity contribution in [2.45, 2.75) is 0 Å². The first-order valence-corrected chi connectivity index (χ1v) is 6.23. The number of nitrogen functional groups attached to an aromatic ring is 1. The fourth-order valence-electron chi connectivity index (χ4n) is 1.84. The molecule has 1 heterocycles. The summed E-state index contributed by atoms with van der Waals surface area (Å²) >= 11 is 5.89. The SMILES string of the molecule is COc1cc(Cl)ccc1C(=O)N(C)c1ccncc1N. The van der Waals surface area contributed by atoms with Gasteiger partial charge in [-0.05, 0) is 24.3 Å². The fraction of sp³-hybridized carbons (Fsp3) is 0.143. The Morgan fingerprint density at radius 2 is 2.15 bits per heavy atom. The standard InChI is InChI=1S/C14H14ClN3O2/c1-18(12-5-6-17-8-11(12)16)14(19)10-4-3-9(15)7-13(10)20-2/h3-8H,16H2,1-2H3. The van der Waals surface area contributed by atoms with Gasteiger partial charge in [0.2, 0.25) is 0 Å². The zero-order chi connectivity index (χ0) is 14.7. The lowest BCUT2D eigenvalue weighted by molar-refractivity contribution is 0.0990. The number of rotatable bonds is 3. The highest BCUT2D eigenvalue weighted by atomic mass is 35.5. The van der Waals surface area contributed by atoms with Gasteiger partial charge < -0.3 is 15.4 Å². The van der Waals surface area contributed by atoms with Gasteiger partial charge in [0.1, 0.15) is 5.75 Å². The zero-order valence-electron chi connectivity index (χ0n) is 11.1. The summed E-state index contributed by atoms with van der Waals surface area (Å²) in [6, 6.07) is 6.53. The summed E-state index contributed by atoms with van der Waals surface area (Å²) in [5.74, 6) is 0.179. The average molecular weight is 292 g/mol. The van der Waals surface area contributed by atoms with Crippen molar-refractivity contribution in [2.75, 3.05) is 24.8 Å². The number of ether oxygens (including phenoxy) is 1. The molecular formula is C14H14ClN3O2. The Kier molecular flexibility index (Phi) is 4.10. The number of anilines is 2.